The quantitative estimate of drug-likeness (QED) is 0.566. The average Bonchev–Trinajstić information content (AvgIpc) is 2.17. The van der Waals surface area contributed by atoms with Crippen LogP contribution in [-0.4, -0.2) is 0 Å². The molecule has 0 saturated carbocycles. The van der Waals surface area contributed by atoms with Gasteiger partial charge in [0.1, 0.15) is 0 Å². The van der Waals surface area contributed by atoms with Gasteiger partial charge >= 0.3 is 0 Å². The lowest BCUT2D eigenvalue weighted by molar-refractivity contribution is 0.424. The minimum absolute atomic E-state index is 0.806. The van der Waals surface area contributed by atoms with Gasteiger partial charge in [-0.25, -0.2) is 0 Å². The highest BCUT2D eigenvalue weighted by Gasteiger charge is 2.19. The Morgan fingerprint density at radius 2 is 2.15 bits per heavy atom. The largest absolute Gasteiger partial charge is 0.0801 e. The van der Waals surface area contributed by atoms with Gasteiger partial charge in [-0.3, -0.25) is 0 Å². The molecule has 0 aromatic carbocycles. The minimum atomic E-state index is 0.806. The topological polar surface area (TPSA) is 0 Å². The van der Waals surface area contributed by atoms with E-state index < -0.39 is 0 Å². The zero-order valence-electron chi connectivity index (χ0n) is 8.59. The first-order valence-corrected chi connectivity index (χ1v) is 5.34. The Balaban J connectivity index is 2.20. The van der Waals surface area contributed by atoms with Gasteiger partial charge in [-0.2, -0.15) is 0 Å². The summed E-state index contributed by atoms with van der Waals surface area (Å²) in [6.07, 6.45) is 13.0. The van der Waals surface area contributed by atoms with E-state index in [1.165, 1.54) is 12.8 Å². The van der Waals surface area contributed by atoms with Gasteiger partial charge in [0.25, 0.3) is 0 Å². The van der Waals surface area contributed by atoms with E-state index in [9.17, 15) is 0 Å². The van der Waals surface area contributed by atoms with Crippen molar-refractivity contribution in [1.82, 2.24) is 0 Å². The molecule has 1 atom stereocenters. The van der Waals surface area contributed by atoms with Gasteiger partial charge in [-0.05, 0) is 42.2 Å². The first kappa shape index (κ1) is 8.80. The number of hydrogen-bond donors (Lipinski definition) is 0. The molecule has 0 aliphatic heterocycles. The summed E-state index contributed by atoms with van der Waals surface area (Å²) in [5.74, 6) is 1.62. The third-order valence-corrected chi connectivity index (χ3v) is 3.20. The highest BCUT2D eigenvalue weighted by molar-refractivity contribution is 5.41. The van der Waals surface area contributed by atoms with Crippen molar-refractivity contribution in [2.75, 3.05) is 0 Å². The van der Waals surface area contributed by atoms with Gasteiger partial charge in [0, 0.05) is 0 Å². The molecule has 70 valence electrons. The van der Waals surface area contributed by atoms with Crippen LogP contribution in [0, 0.1) is 11.8 Å². The summed E-state index contributed by atoms with van der Waals surface area (Å²) >= 11 is 0. The number of hydrogen-bond acceptors (Lipinski definition) is 0. The van der Waals surface area contributed by atoms with E-state index in [0.717, 1.165) is 18.3 Å². The van der Waals surface area contributed by atoms with Gasteiger partial charge in [-0.1, -0.05) is 38.2 Å². The predicted molar refractivity (Wildman–Crippen MR) is 57.5 cm³/mol. The second-order valence-corrected chi connectivity index (χ2v) is 4.46. The normalized spacial score (nSPS) is 26.8. The summed E-state index contributed by atoms with van der Waals surface area (Å²) in [5, 5.41) is 0. The van der Waals surface area contributed by atoms with Crippen LogP contribution in [0.1, 0.15) is 33.1 Å². The predicted octanol–water partition coefficient (Wildman–Crippen LogP) is 3.87. The van der Waals surface area contributed by atoms with Crippen LogP contribution in [0.25, 0.3) is 0 Å². The van der Waals surface area contributed by atoms with Crippen LogP contribution in [0.5, 0.6) is 0 Å². The van der Waals surface area contributed by atoms with Crippen molar-refractivity contribution in [3.63, 3.8) is 0 Å². The van der Waals surface area contributed by atoms with Crippen LogP contribution in [-0.2, 0) is 0 Å². The third-order valence-electron chi connectivity index (χ3n) is 3.20. The van der Waals surface area contributed by atoms with Crippen molar-refractivity contribution in [3.8, 4) is 0 Å². The van der Waals surface area contributed by atoms with Crippen molar-refractivity contribution >= 4 is 0 Å². The standard InChI is InChI=1S/C13H18/c1-10(2)12-8-7-11-5-3-4-6-13(11)9-12/h3-5,9-10,12H,6-8H2,1-2H3. The molecule has 0 fully saturated rings. The molecule has 2 aliphatic rings. The van der Waals surface area contributed by atoms with E-state index in [1.807, 2.05) is 0 Å². The van der Waals surface area contributed by atoms with E-state index in [1.54, 1.807) is 11.1 Å². The molecule has 0 aromatic rings. The molecule has 0 N–H and O–H groups in total. The average molecular weight is 174 g/mol. The molecular formula is C13H18. The Hall–Kier alpha value is -0.780. The summed E-state index contributed by atoms with van der Waals surface area (Å²) < 4.78 is 0. The molecule has 0 nitrogen and oxygen atoms in total. The summed E-state index contributed by atoms with van der Waals surface area (Å²) in [5.41, 5.74) is 3.17. The molecule has 0 saturated heterocycles. The van der Waals surface area contributed by atoms with Crippen LogP contribution >= 0.6 is 0 Å². The molecule has 13 heavy (non-hydrogen) atoms. The van der Waals surface area contributed by atoms with E-state index in [-0.39, 0.29) is 0 Å². The molecule has 0 heteroatoms. The lowest BCUT2D eigenvalue weighted by Crippen LogP contribution is -2.13. The number of rotatable bonds is 1. The smallest absolute Gasteiger partial charge is 0.00947 e. The molecule has 0 bridgehead atoms. The summed E-state index contributed by atoms with van der Waals surface area (Å²) in [6.45, 7) is 4.66. The van der Waals surface area contributed by atoms with Crippen LogP contribution in [0.4, 0.5) is 0 Å². The van der Waals surface area contributed by atoms with Gasteiger partial charge in [0.15, 0.2) is 0 Å². The fourth-order valence-electron chi connectivity index (χ4n) is 2.23. The van der Waals surface area contributed by atoms with Crippen molar-refractivity contribution in [1.29, 1.82) is 0 Å². The van der Waals surface area contributed by atoms with E-state index in [0.29, 0.717) is 0 Å². The minimum Gasteiger partial charge on any atom is -0.0801 e. The molecule has 0 spiro atoms. The maximum atomic E-state index is 2.50. The lowest BCUT2D eigenvalue weighted by atomic mass is 9.79. The van der Waals surface area contributed by atoms with Gasteiger partial charge in [0.05, 0.1) is 0 Å². The molecule has 0 aromatic heterocycles. The van der Waals surface area contributed by atoms with Gasteiger partial charge in [-0.15, -0.1) is 0 Å². The van der Waals surface area contributed by atoms with Gasteiger partial charge in [0.2, 0.25) is 0 Å². The van der Waals surface area contributed by atoms with E-state index in [4.69, 9.17) is 0 Å². The second kappa shape index (κ2) is 3.53. The maximum absolute atomic E-state index is 2.50. The molecule has 1 unspecified atom stereocenters. The van der Waals surface area contributed by atoms with Crippen LogP contribution < -0.4 is 0 Å². The van der Waals surface area contributed by atoms with Crippen LogP contribution in [0.15, 0.2) is 35.5 Å². The zero-order chi connectivity index (χ0) is 9.26. The Morgan fingerprint density at radius 3 is 2.92 bits per heavy atom. The Kier molecular flexibility index (Phi) is 2.39. The molecule has 2 aliphatic carbocycles. The molecule has 2 rings (SSSR count). The fourth-order valence-corrected chi connectivity index (χ4v) is 2.23. The molecular weight excluding hydrogens is 156 g/mol. The van der Waals surface area contributed by atoms with E-state index >= 15 is 0 Å². The molecule has 0 heterocycles. The van der Waals surface area contributed by atoms with E-state index in [2.05, 4.69) is 38.2 Å². The first-order chi connectivity index (χ1) is 6.27. The first-order valence-electron chi connectivity index (χ1n) is 5.34. The summed E-state index contributed by atoms with van der Waals surface area (Å²) in [6, 6.07) is 0. The Labute approximate surface area is 81.0 Å². The Bertz CT molecular complexity index is 276. The fraction of sp³-hybridized carbons (Fsp3) is 0.538. The van der Waals surface area contributed by atoms with Crippen molar-refractivity contribution < 1.29 is 0 Å². The zero-order valence-corrected chi connectivity index (χ0v) is 8.59. The highest BCUT2D eigenvalue weighted by Crippen LogP contribution is 2.35. The lowest BCUT2D eigenvalue weighted by Gasteiger charge is -2.27. The summed E-state index contributed by atoms with van der Waals surface area (Å²) in [7, 11) is 0. The monoisotopic (exact) mass is 174 g/mol. The maximum Gasteiger partial charge on any atom is -0.00947 e. The highest BCUT2D eigenvalue weighted by atomic mass is 14.2. The summed E-state index contributed by atoms with van der Waals surface area (Å²) in [4.78, 5) is 0. The van der Waals surface area contributed by atoms with Crippen molar-refractivity contribution in [2.24, 2.45) is 11.8 Å². The molecule has 0 radical (unpaired) electrons. The third kappa shape index (κ3) is 1.77. The SMILES string of the molecule is CC(C)C1C=C2CC=CC=C2CC1. The Morgan fingerprint density at radius 1 is 1.31 bits per heavy atom. The van der Waals surface area contributed by atoms with Crippen LogP contribution in [0.3, 0.4) is 0 Å². The molecule has 0 amide bonds. The number of fused-ring (bicyclic) bond motifs is 1. The van der Waals surface area contributed by atoms with Crippen molar-refractivity contribution in [2.45, 2.75) is 33.1 Å². The second-order valence-electron chi connectivity index (χ2n) is 4.46. The van der Waals surface area contributed by atoms with Crippen molar-refractivity contribution in [3.05, 3.63) is 35.5 Å². The number of allylic oxidation sites excluding steroid dienone is 6. The van der Waals surface area contributed by atoms with Gasteiger partial charge < -0.3 is 0 Å². The van der Waals surface area contributed by atoms with Crippen LogP contribution in [0.2, 0.25) is 0 Å².